The number of nitrogens with one attached hydrogen (secondary N) is 1. The van der Waals surface area contributed by atoms with Gasteiger partial charge >= 0.3 is 6.09 Å². The van der Waals surface area contributed by atoms with Crippen LogP contribution in [0.5, 0.6) is 0 Å². The zero-order valence-corrected chi connectivity index (χ0v) is 9.14. The first-order chi connectivity index (χ1) is 6.59. The summed E-state index contributed by atoms with van der Waals surface area (Å²) in [5.74, 6) is 0. The first-order valence-corrected chi connectivity index (χ1v) is 4.90. The molecule has 14 heavy (non-hydrogen) atoms. The van der Waals surface area contributed by atoms with Crippen molar-refractivity contribution in [3.63, 3.8) is 0 Å². The number of fused-ring (bicyclic) bond motifs is 1. The SMILES string of the molecule is Cc1c(Br)cc(N)c2c1COC(=O)N2. The van der Waals surface area contributed by atoms with Crippen molar-refractivity contribution in [2.45, 2.75) is 13.5 Å². The van der Waals surface area contributed by atoms with Crippen LogP contribution in [0.3, 0.4) is 0 Å². The van der Waals surface area contributed by atoms with Crippen molar-refractivity contribution in [2.75, 3.05) is 11.1 Å². The molecule has 0 unspecified atom stereocenters. The summed E-state index contributed by atoms with van der Waals surface area (Å²) in [6, 6.07) is 1.78. The highest BCUT2D eigenvalue weighted by molar-refractivity contribution is 9.10. The number of hydrogen-bond donors (Lipinski definition) is 2. The molecule has 5 heteroatoms. The summed E-state index contributed by atoms with van der Waals surface area (Å²) in [6.45, 7) is 2.22. The van der Waals surface area contributed by atoms with Gasteiger partial charge in [-0.2, -0.15) is 0 Å². The van der Waals surface area contributed by atoms with Gasteiger partial charge in [0.25, 0.3) is 0 Å². The zero-order chi connectivity index (χ0) is 10.3. The van der Waals surface area contributed by atoms with Crippen molar-refractivity contribution in [1.82, 2.24) is 0 Å². The number of rotatable bonds is 0. The van der Waals surface area contributed by atoms with Gasteiger partial charge in [-0.3, -0.25) is 5.32 Å². The molecule has 0 saturated carbocycles. The van der Waals surface area contributed by atoms with Crippen LogP contribution < -0.4 is 11.1 Å². The molecule has 1 aromatic rings. The Morgan fingerprint density at radius 3 is 3.07 bits per heavy atom. The van der Waals surface area contributed by atoms with Crippen LogP contribution in [0, 0.1) is 6.92 Å². The second-order valence-corrected chi connectivity index (χ2v) is 3.98. The maximum absolute atomic E-state index is 11.0. The van der Waals surface area contributed by atoms with Crippen LogP contribution in [0.15, 0.2) is 10.5 Å². The number of carbonyl (C=O) groups is 1. The van der Waals surface area contributed by atoms with Gasteiger partial charge in [0, 0.05) is 10.0 Å². The Balaban J connectivity index is 2.62. The lowest BCUT2D eigenvalue weighted by atomic mass is 10.0. The van der Waals surface area contributed by atoms with Gasteiger partial charge in [0.1, 0.15) is 6.61 Å². The van der Waals surface area contributed by atoms with Gasteiger partial charge in [-0.25, -0.2) is 4.79 Å². The molecule has 1 heterocycles. The Labute approximate surface area is 89.6 Å². The van der Waals surface area contributed by atoms with Crippen molar-refractivity contribution < 1.29 is 9.53 Å². The molecule has 0 atom stereocenters. The van der Waals surface area contributed by atoms with E-state index in [1.807, 2.05) is 6.92 Å². The molecular formula is C9H9BrN2O2. The van der Waals surface area contributed by atoms with E-state index >= 15 is 0 Å². The van der Waals surface area contributed by atoms with E-state index in [2.05, 4.69) is 21.2 Å². The lowest BCUT2D eigenvalue weighted by Crippen LogP contribution is -2.22. The highest BCUT2D eigenvalue weighted by Crippen LogP contribution is 2.35. The molecule has 0 bridgehead atoms. The van der Waals surface area contributed by atoms with E-state index in [9.17, 15) is 4.79 Å². The number of hydrogen-bond acceptors (Lipinski definition) is 3. The molecule has 3 N–H and O–H groups in total. The molecule has 0 fully saturated rings. The van der Waals surface area contributed by atoms with Gasteiger partial charge in [-0.15, -0.1) is 0 Å². The van der Waals surface area contributed by atoms with Crippen molar-refractivity contribution in [2.24, 2.45) is 0 Å². The Kier molecular flexibility index (Phi) is 2.11. The average molecular weight is 257 g/mol. The Morgan fingerprint density at radius 1 is 1.64 bits per heavy atom. The maximum atomic E-state index is 11.0. The fourth-order valence-electron chi connectivity index (χ4n) is 1.43. The van der Waals surface area contributed by atoms with Crippen molar-refractivity contribution in [3.8, 4) is 0 Å². The van der Waals surface area contributed by atoms with E-state index in [-0.39, 0.29) is 6.61 Å². The number of nitrogen functional groups attached to an aromatic ring is 1. The largest absolute Gasteiger partial charge is 0.444 e. The van der Waals surface area contributed by atoms with E-state index in [1.165, 1.54) is 0 Å². The minimum Gasteiger partial charge on any atom is -0.444 e. The topological polar surface area (TPSA) is 64.3 Å². The number of anilines is 2. The minimum absolute atomic E-state index is 0.274. The van der Waals surface area contributed by atoms with Gasteiger partial charge in [0.05, 0.1) is 11.4 Å². The normalized spacial score (nSPS) is 14.3. The second-order valence-electron chi connectivity index (χ2n) is 3.13. The molecule has 1 aliphatic heterocycles. The van der Waals surface area contributed by atoms with Crippen molar-refractivity contribution >= 4 is 33.4 Å². The summed E-state index contributed by atoms with van der Waals surface area (Å²) >= 11 is 3.39. The average Bonchev–Trinajstić information content (AvgIpc) is 2.14. The van der Waals surface area contributed by atoms with Gasteiger partial charge < -0.3 is 10.5 Å². The van der Waals surface area contributed by atoms with Gasteiger partial charge in [0.2, 0.25) is 0 Å². The van der Waals surface area contributed by atoms with Crippen LogP contribution >= 0.6 is 15.9 Å². The van der Waals surface area contributed by atoms with Crippen LogP contribution in [0.4, 0.5) is 16.2 Å². The lowest BCUT2D eigenvalue weighted by Gasteiger charge is -2.21. The molecule has 74 valence electrons. The highest BCUT2D eigenvalue weighted by atomic mass is 79.9. The van der Waals surface area contributed by atoms with E-state index in [4.69, 9.17) is 10.5 Å². The van der Waals surface area contributed by atoms with E-state index in [1.54, 1.807) is 6.07 Å². The molecule has 0 radical (unpaired) electrons. The Morgan fingerprint density at radius 2 is 2.36 bits per heavy atom. The molecule has 0 spiro atoms. The monoisotopic (exact) mass is 256 g/mol. The van der Waals surface area contributed by atoms with Crippen molar-refractivity contribution in [1.29, 1.82) is 0 Å². The van der Waals surface area contributed by atoms with E-state index in [0.29, 0.717) is 11.4 Å². The summed E-state index contributed by atoms with van der Waals surface area (Å²) in [4.78, 5) is 11.0. The predicted molar refractivity (Wildman–Crippen MR) is 57.1 cm³/mol. The van der Waals surface area contributed by atoms with Gasteiger partial charge in [0.15, 0.2) is 0 Å². The molecule has 0 aliphatic carbocycles. The first-order valence-electron chi connectivity index (χ1n) is 4.11. The first kappa shape index (κ1) is 9.33. The van der Waals surface area contributed by atoms with Gasteiger partial charge in [-0.1, -0.05) is 15.9 Å². The lowest BCUT2D eigenvalue weighted by molar-refractivity contribution is 0.151. The molecule has 0 aromatic heterocycles. The molecule has 2 rings (SSSR count). The number of benzene rings is 1. The fraction of sp³-hybridized carbons (Fsp3) is 0.222. The van der Waals surface area contributed by atoms with Crippen LogP contribution in [0.25, 0.3) is 0 Å². The number of carbonyl (C=O) groups excluding carboxylic acids is 1. The number of ether oxygens (including phenoxy) is 1. The third-order valence-corrected chi connectivity index (χ3v) is 3.08. The van der Waals surface area contributed by atoms with E-state index < -0.39 is 6.09 Å². The van der Waals surface area contributed by atoms with Crippen LogP contribution in [-0.2, 0) is 11.3 Å². The van der Waals surface area contributed by atoms with Crippen LogP contribution in [-0.4, -0.2) is 6.09 Å². The Bertz CT molecular complexity index is 418. The second kappa shape index (κ2) is 3.16. The molecule has 4 nitrogen and oxygen atoms in total. The number of nitrogens with two attached hydrogens (primary N) is 1. The quantitative estimate of drug-likeness (QED) is 0.701. The molecular weight excluding hydrogens is 248 g/mol. The minimum atomic E-state index is -0.453. The number of amides is 1. The molecule has 1 aromatic carbocycles. The fourth-order valence-corrected chi connectivity index (χ4v) is 1.91. The summed E-state index contributed by atoms with van der Waals surface area (Å²) < 4.78 is 5.79. The smallest absolute Gasteiger partial charge is 0.412 e. The third kappa shape index (κ3) is 1.33. The highest BCUT2D eigenvalue weighted by Gasteiger charge is 2.21. The summed E-state index contributed by atoms with van der Waals surface area (Å²) in [7, 11) is 0. The molecule has 1 aliphatic rings. The maximum Gasteiger partial charge on any atom is 0.412 e. The van der Waals surface area contributed by atoms with Crippen LogP contribution in [0.1, 0.15) is 11.1 Å². The van der Waals surface area contributed by atoms with Gasteiger partial charge in [-0.05, 0) is 18.6 Å². The van der Waals surface area contributed by atoms with Crippen LogP contribution in [0.2, 0.25) is 0 Å². The van der Waals surface area contributed by atoms with Crippen molar-refractivity contribution in [3.05, 3.63) is 21.7 Å². The number of halogens is 1. The Hall–Kier alpha value is -1.23. The molecule has 0 saturated heterocycles. The third-order valence-electron chi connectivity index (χ3n) is 2.26. The summed E-state index contributed by atoms with van der Waals surface area (Å²) in [5.41, 5.74) is 8.96. The zero-order valence-electron chi connectivity index (χ0n) is 7.56. The summed E-state index contributed by atoms with van der Waals surface area (Å²) in [5, 5.41) is 2.59. The summed E-state index contributed by atoms with van der Waals surface area (Å²) in [6.07, 6.45) is -0.453. The van der Waals surface area contributed by atoms with E-state index in [0.717, 1.165) is 15.6 Å². The standard InChI is InChI=1S/C9H9BrN2O2/c1-4-5-3-14-9(13)12-8(5)7(11)2-6(4)10/h2H,3,11H2,1H3,(H,12,13). The molecule has 1 amide bonds. The predicted octanol–water partition coefficient (Wildman–Crippen LogP) is 2.40. The number of cyclic esters (lactones) is 1.